The van der Waals surface area contributed by atoms with Crippen LogP contribution in [0, 0.1) is 0 Å². The Labute approximate surface area is 233 Å². The molecule has 1 heterocycles. The Morgan fingerprint density at radius 1 is 1.00 bits per heavy atom. The highest BCUT2D eigenvalue weighted by Gasteiger charge is 2.35. The Morgan fingerprint density at radius 3 is 2.29 bits per heavy atom. The summed E-state index contributed by atoms with van der Waals surface area (Å²) in [5.74, 6) is -0.569. The highest BCUT2D eigenvalue weighted by atomic mass is 35.5. The van der Waals surface area contributed by atoms with Crippen molar-refractivity contribution in [3.05, 3.63) is 70.2 Å². The average molecular weight is 577 g/mol. The van der Waals surface area contributed by atoms with E-state index >= 15 is 0 Å². The molecule has 3 aromatic carbocycles. The Bertz CT molecular complexity index is 1450. The number of benzene rings is 3. The van der Waals surface area contributed by atoms with Crippen LogP contribution in [0.15, 0.2) is 59.5 Å². The molecule has 2 unspecified atom stereocenters. The summed E-state index contributed by atoms with van der Waals surface area (Å²) >= 11 is 12.8. The average Bonchev–Trinajstić information content (AvgIpc) is 3.11. The standard InChI is InChI=1S/C28H31Cl2N3O4S/c1-4-18(2)31-28(35)19(3)32(17-21-22(29)11-7-12-23(21)30)26(34)15-8-16-33-24-13-5-9-20-10-6-14-25(27(20)24)38(33,36)37/h5-7,9-14,18-19H,4,8,15-17H2,1-3H3,(H,31,35). The first-order valence-electron chi connectivity index (χ1n) is 12.6. The Hall–Kier alpha value is -2.81. The normalized spacial score (nSPS) is 15.3. The smallest absolute Gasteiger partial charge is 0.265 e. The van der Waals surface area contributed by atoms with Crippen molar-refractivity contribution in [2.24, 2.45) is 0 Å². The second-order valence-electron chi connectivity index (χ2n) is 9.53. The predicted molar refractivity (Wildman–Crippen MR) is 152 cm³/mol. The van der Waals surface area contributed by atoms with Crippen LogP contribution in [0.25, 0.3) is 10.8 Å². The van der Waals surface area contributed by atoms with Gasteiger partial charge in [0, 0.05) is 46.5 Å². The number of halogens is 2. The monoisotopic (exact) mass is 575 g/mol. The molecule has 3 aromatic rings. The van der Waals surface area contributed by atoms with Gasteiger partial charge >= 0.3 is 0 Å². The topological polar surface area (TPSA) is 86.8 Å². The van der Waals surface area contributed by atoms with E-state index in [9.17, 15) is 18.0 Å². The lowest BCUT2D eigenvalue weighted by Crippen LogP contribution is -2.49. The summed E-state index contributed by atoms with van der Waals surface area (Å²) in [4.78, 5) is 28.2. The van der Waals surface area contributed by atoms with E-state index in [1.165, 1.54) is 9.21 Å². The van der Waals surface area contributed by atoms with Crippen molar-refractivity contribution in [1.29, 1.82) is 0 Å². The molecule has 0 bridgehead atoms. The Balaban J connectivity index is 1.53. The third kappa shape index (κ3) is 5.48. The molecule has 0 aromatic heterocycles. The third-order valence-electron chi connectivity index (χ3n) is 6.99. The van der Waals surface area contributed by atoms with E-state index in [1.807, 2.05) is 32.0 Å². The molecule has 2 atom stereocenters. The molecule has 10 heteroatoms. The van der Waals surface area contributed by atoms with E-state index < -0.39 is 16.1 Å². The fraction of sp³-hybridized carbons (Fsp3) is 0.357. The van der Waals surface area contributed by atoms with Gasteiger partial charge < -0.3 is 10.2 Å². The fourth-order valence-electron chi connectivity index (χ4n) is 4.62. The molecule has 202 valence electrons. The first-order chi connectivity index (χ1) is 18.1. The largest absolute Gasteiger partial charge is 0.352 e. The number of amides is 2. The second kappa shape index (κ2) is 11.5. The zero-order valence-electron chi connectivity index (χ0n) is 21.6. The molecule has 2 amide bonds. The predicted octanol–water partition coefficient (Wildman–Crippen LogP) is 5.77. The molecular weight excluding hydrogens is 545 g/mol. The number of sulfonamides is 1. The van der Waals surface area contributed by atoms with Crippen LogP contribution in [0.3, 0.4) is 0 Å². The zero-order chi connectivity index (χ0) is 27.6. The van der Waals surface area contributed by atoms with Gasteiger partial charge in [0.05, 0.1) is 10.6 Å². The number of carbonyl (C=O) groups excluding carboxylic acids is 2. The van der Waals surface area contributed by atoms with Gasteiger partial charge in [-0.1, -0.05) is 60.5 Å². The molecule has 1 aliphatic rings. The van der Waals surface area contributed by atoms with Crippen molar-refractivity contribution in [2.75, 3.05) is 10.8 Å². The summed E-state index contributed by atoms with van der Waals surface area (Å²) in [6.45, 7) is 5.72. The van der Waals surface area contributed by atoms with Crippen LogP contribution >= 0.6 is 23.2 Å². The van der Waals surface area contributed by atoms with Gasteiger partial charge in [0.2, 0.25) is 11.8 Å². The third-order valence-corrected chi connectivity index (χ3v) is 9.56. The van der Waals surface area contributed by atoms with E-state index in [4.69, 9.17) is 23.2 Å². The van der Waals surface area contributed by atoms with Crippen LogP contribution in [0.1, 0.15) is 45.6 Å². The number of nitrogens with one attached hydrogen (secondary N) is 1. The van der Waals surface area contributed by atoms with Gasteiger partial charge in [-0.25, -0.2) is 8.42 Å². The van der Waals surface area contributed by atoms with E-state index in [2.05, 4.69) is 5.32 Å². The summed E-state index contributed by atoms with van der Waals surface area (Å²) < 4.78 is 27.9. The maximum absolute atomic E-state index is 13.5. The first kappa shape index (κ1) is 28.2. The highest BCUT2D eigenvalue weighted by molar-refractivity contribution is 7.93. The summed E-state index contributed by atoms with van der Waals surface area (Å²) in [6, 6.07) is 15.0. The molecule has 0 saturated heterocycles. The Morgan fingerprint density at radius 2 is 1.63 bits per heavy atom. The van der Waals surface area contributed by atoms with Crippen LogP contribution in [-0.2, 0) is 26.2 Å². The summed E-state index contributed by atoms with van der Waals surface area (Å²) in [7, 11) is -3.71. The lowest BCUT2D eigenvalue weighted by atomic mass is 10.1. The minimum absolute atomic E-state index is 0.0430. The molecule has 0 saturated carbocycles. The Kier molecular flexibility index (Phi) is 8.55. The highest BCUT2D eigenvalue weighted by Crippen LogP contribution is 2.42. The molecular formula is C28H31Cl2N3O4S. The van der Waals surface area contributed by atoms with Gasteiger partial charge in [0.1, 0.15) is 6.04 Å². The van der Waals surface area contributed by atoms with Gasteiger partial charge in [-0.2, -0.15) is 0 Å². The lowest BCUT2D eigenvalue weighted by molar-refractivity contribution is -0.140. The van der Waals surface area contributed by atoms with Crippen LogP contribution in [-0.4, -0.2) is 43.8 Å². The maximum Gasteiger partial charge on any atom is 0.265 e. The molecule has 7 nitrogen and oxygen atoms in total. The van der Waals surface area contributed by atoms with Gasteiger partial charge in [-0.05, 0) is 56.3 Å². The van der Waals surface area contributed by atoms with Crippen LogP contribution in [0.2, 0.25) is 10.0 Å². The zero-order valence-corrected chi connectivity index (χ0v) is 23.9. The van der Waals surface area contributed by atoms with Gasteiger partial charge in [-0.15, -0.1) is 0 Å². The van der Waals surface area contributed by atoms with Crippen LogP contribution in [0.4, 0.5) is 5.69 Å². The van der Waals surface area contributed by atoms with Gasteiger partial charge in [0.15, 0.2) is 0 Å². The van der Waals surface area contributed by atoms with Crippen molar-refractivity contribution in [1.82, 2.24) is 10.2 Å². The van der Waals surface area contributed by atoms with Crippen LogP contribution in [0.5, 0.6) is 0 Å². The lowest BCUT2D eigenvalue weighted by Gasteiger charge is -2.30. The van der Waals surface area contributed by atoms with E-state index in [0.717, 1.165) is 11.8 Å². The van der Waals surface area contributed by atoms with Crippen molar-refractivity contribution < 1.29 is 18.0 Å². The van der Waals surface area contributed by atoms with Crippen molar-refractivity contribution in [3.63, 3.8) is 0 Å². The van der Waals surface area contributed by atoms with Gasteiger partial charge in [0.25, 0.3) is 10.0 Å². The number of nitrogens with zero attached hydrogens (tertiary/aromatic N) is 2. The fourth-order valence-corrected chi connectivity index (χ4v) is 6.88. The molecule has 0 radical (unpaired) electrons. The summed E-state index contributed by atoms with van der Waals surface area (Å²) in [6.07, 6.45) is 1.07. The van der Waals surface area contributed by atoms with Gasteiger partial charge in [-0.3, -0.25) is 13.9 Å². The van der Waals surface area contributed by atoms with E-state index in [0.29, 0.717) is 26.7 Å². The molecule has 0 fully saturated rings. The van der Waals surface area contributed by atoms with Crippen molar-refractivity contribution >= 4 is 61.5 Å². The molecule has 0 spiro atoms. The first-order valence-corrected chi connectivity index (χ1v) is 14.8. The van der Waals surface area contributed by atoms with Crippen molar-refractivity contribution in [2.45, 2.75) is 63.6 Å². The number of hydrogen-bond donors (Lipinski definition) is 1. The molecule has 1 aliphatic heterocycles. The summed E-state index contributed by atoms with van der Waals surface area (Å²) in [5, 5.41) is 5.28. The minimum Gasteiger partial charge on any atom is -0.352 e. The second-order valence-corrected chi connectivity index (χ2v) is 12.2. The molecule has 38 heavy (non-hydrogen) atoms. The number of anilines is 1. The molecule has 1 N–H and O–H groups in total. The number of hydrogen-bond acceptors (Lipinski definition) is 4. The number of carbonyl (C=O) groups is 2. The molecule has 4 rings (SSSR count). The molecule has 0 aliphatic carbocycles. The van der Waals surface area contributed by atoms with E-state index in [1.54, 1.807) is 43.3 Å². The van der Waals surface area contributed by atoms with E-state index in [-0.39, 0.29) is 48.7 Å². The number of rotatable bonds is 10. The summed E-state index contributed by atoms with van der Waals surface area (Å²) in [5.41, 5.74) is 1.17. The SMILES string of the molecule is CCC(C)NC(=O)C(C)N(Cc1c(Cl)cccc1Cl)C(=O)CCCN1c2cccc3cccc(c23)S1(=O)=O. The van der Waals surface area contributed by atoms with Crippen molar-refractivity contribution in [3.8, 4) is 0 Å². The van der Waals surface area contributed by atoms with Crippen LogP contribution < -0.4 is 9.62 Å². The maximum atomic E-state index is 13.5. The quantitative estimate of drug-likeness (QED) is 0.332. The minimum atomic E-state index is -3.71.